The second kappa shape index (κ2) is 5.30. The van der Waals surface area contributed by atoms with Crippen molar-refractivity contribution in [1.82, 2.24) is 10.1 Å². The largest absolute Gasteiger partial charge is 0.381 e. The monoisotopic (exact) mass is 277 g/mol. The first-order valence-electron chi connectivity index (χ1n) is 6.62. The number of aromatic nitrogens is 2. The molecule has 6 heteroatoms. The SMILES string of the molecule is NCC1(c2nc(-c3ccccc3F)no2)CCOCC1. The summed E-state index contributed by atoms with van der Waals surface area (Å²) in [7, 11) is 0. The van der Waals surface area contributed by atoms with E-state index in [0.29, 0.717) is 31.2 Å². The van der Waals surface area contributed by atoms with E-state index in [9.17, 15) is 4.39 Å². The van der Waals surface area contributed by atoms with Gasteiger partial charge in [-0.25, -0.2) is 4.39 Å². The van der Waals surface area contributed by atoms with Crippen LogP contribution in [-0.4, -0.2) is 29.9 Å². The Balaban J connectivity index is 1.95. The van der Waals surface area contributed by atoms with Gasteiger partial charge in [0.2, 0.25) is 11.7 Å². The third-order valence-electron chi connectivity index (χ3n) is 3.84. The molecule has 1 saturated heterocycles. The molecule has 1 aromatic heterocycles. The van der Waals surface area contributed by atoms with Crippen molar-refractivity contribution in [2.75, 3.05) is 19.8 Å². The highest BCUT2D eigenvalue weighted by molar-refractivity contribution is 5.54. The average molecular weight is 277 g/mol. The molecule has 0 saturated carbocycles. The molecule has 3 rings (SSSR count). The molecule has 1 fully saturated rings. The lowest BCUT2D eigenvalue weighted by molar-refractivity contribution is 0.0409. The third-order valence-corrected chi connectivity index (χ3v) is 3.84. The Labute approximate surface area is 115 Å². The van der Waals surface area contributed by atoms with Crippen LogP contribution in [0.5, 0.6) is 0 Å². The summed E-state index contributed by atoms with van der Waals surface area (Å²) in [6.07, 6.45) is 1.48. The van der Waals surface area contributed by atoms with E-state index < -0.39 is 0 Å². The molecule has 20 heavy (non-hydrogen) atoms. The van der Waals surface area contributed by atoms with Gasteiger partial charge in [-0.2, -0.15) is 4.98 Å². The summed E-state index contributed by atoms with van der Waals surface area (Å²) in [5.74, 6) is 0.368. The van der Waals surface area contributed by atoms with E-state index in [2.05, 4.69) is 10.1 Å². The van der Waals surface area contributed by atoms with Crippen molar-refractivity contribution >= 4 is 0 Å². The number of ether oxygens (including phenoxy) is 1. The maximum atomic E-state index is 13.7. The summed E-state index contributed by atoms with van der Waals surface area (Å²) in [6.45, 7) is 1.65. The van der Waals surface area contributed by atoms with Gasteiger partial charge < -0.3 is 15.0 Å². The minimum atomic E-state index is -0.367. The van der Waals surface area contributed by atoms with Gasteiger partial charge in [0, 0.05) is 19.8 Å². The topological polar surface area (TPSA) is 74.2 Å². The molecule has 1 aliphatic rings. The van der Waals surface area contributed by atoms with Crippen LogP contribution in [0.1, 0.15) is 18.7 Å². The molecule has 2 N–H and O–H groups in total. The Morgan fingerprint density at radius 1 is 1.25 bits per heavy atom. The predicted molar refractivity (Wildman–Crippen MR) is 70.5 cm³/mol. The van der Waals surface area contributed by atoms with Crippen molar-refractivity contribution in [2.45, 2.75) is 18.3 Å². The molecule has 0 amide bonds. The maximum Gasteiger partial charge on any atom is 0.234 e. The maximum absolute atomic E-state index is 13.7. The van der Waals surface area contributed by atoms with Crippen molar-refractivity contribution in [2.24, 2.45) is 5.73 Å². The fourth-order valence-corrected chi connectivity index (χ4v) is 2.46. The van der Waals surface area contributed by atoms with Crippen LogP contribution in [0.2, 0.25) is 0 Å². The van der Waals surface area contributed by atoms with Gasteiger partial charge in [-0.1, -0.05) is 17.3 Å². The lowest BCUT2D eigenvalue weighted by Gasteiger charge is -2.32. The first-order valence-corrected chi connectivity index (χ1v) is 6.62. The number of rotatable bonds is 3. The van der Waals surface area contributed by atoms with Gasteiger partial charge >= 0.3 is 0 Å². The summed E-state index contributed by atoms with van der Waals surface area (Å²) in [5, 5.41) is 3.89. The molecule has 106 valence electrons. The molecule has 0 aliphatic carbocycles. The van der Waals surface area contributed by atoms with E-state index in [-0.39, 0.29) is 17.1 Å². The van der Waals surface area contributed by atoms with Gasteiger partial charge in [0.1, 0.15) is 5.82 Å². The van der Waals surface area contributed by atoms with Gasteiger partial charge in [-0.05, 0) is 25.0 Å². The van der Waals surface area contributed by atoms with Crippen LogP contribution in [0, 0.1) is 5.82 Å². The molecule has 0 radical (unpaired) electrons. The molecule has 0 bridgehead atoms. The Kier molecular flexibility index (Phi) is 3.50. The van der Waals surface area contributed by atoms with Crippen LogP contribution < -0.4 is 5.73 Å². The highest BCUT2D eigenvalue weighted by Crippen LogP contribution is 2.34. The molecule has 5 nitrogen and oxygen atoms in total. The fourth-order valence-electron chi connectivity index (χ4n) is 2.46. The first kappa shape index (κ1) is 13.2. The van der Waals surface area contributed by atoms with Crippen molar-refractivity contribution in [3.8, 4) is 11.4 Å². The fraction of sp³-hybridized carbons (Fsp3) is 0.429. The normalized spacial score (nSPS) is 18.1. The molecule has 1 aliphatic heterocycles. The Morgan fingerprint density at radius 3 is 2.70 bits per heavy atom. The molecule has 1 aromatic carbocycles. The van der Waals surface area contributed by atoms with Crippen LogP contribution in [0.3, 0.4) is 0 Å². The van der Waals surface area contributed by atoms with Crippen LogP contribution in [0.4, 0.5) is 4.39 Å². The van der Waals surface area contributed by atoms with Gasteiger partial charge in [0.05, 0.1) is 11.0 Å². The average Bonchev–Trinajstić information content (AvgIpc) is 2.98. The number of benzene rings is 1. The predicted octanol–water partition coefficient (Wildman–Crippen LogP) is 1.88. The zero-order valence-corrected chi connectivity index (χ0v) is 11.0. The van der Waals surface area contributed by atoms with E-state index in [4.69, 9.17) is 15.0 Å². The molecule has 2 heterocycles. The molecule has 2 aromatic rings. The smallest absolute Gasteiger partial charge is 0.234 e. The second-order valence-corrected chi connectivity index (χ2v) is 5.00. The minimum absolute atomic E-state index is 0.261. The number of nitrogens with two attached hydrogens (primary N) is 1. The number of nitrogens with zero attached hydrogens (tertiary/aromatic N) is 2. The van der Waals surface area contributed by atoms with Gasteiger partial charge in [0.15, 0.2) is 0 Å². The van der Waals surface area contributed by atoms with Crippen molar-refractivity contribution in [3.05, 3.63) is 36.0 Å². The van der Waals surface area contributed by atoms with E-state index in [0.717, 1.165) is 12.8 Å². The highest BCUT2D eigenvalue weighted by atomic mass is 19.1. The van der Waals surface area contributed by atoms with Gasteiger partial charge in [-0.15, -0.1) is 0 Å². The van der Waals surface area contributed by atoms with Gasteiger partial charge in [0.25, 0.3) is 0 Å². The van der Waals surface area contributed by atoms with Crippen LogP contribution in [0.15, 0.2) is 28.8 Å². The zero-order valence-electron chi connectivity index (χ0n) is 11.0. The van der Waals surface area contributed by atoms with E-state index in [1.54, 1.807) is 18.2 Å². The molecular formula is C14H16FN3O2. The van der Waals surface area contributed by atoms with Crippen molar-refractivity contribution in [1.29, 1.82) is 0 Å². The van der Waals surface area contributed by atoms with Crippen LogP contribution in [0.25, 0.3) is 11.4 Å². The number of hydrogen-bond donors (Lipinski definition) is 1. The number of hydrogen-bond acceptors (Lipinski definition) is 5. The minimum Gasteiger partial charge on any atom is -0.381 e. The van der Waals surface area contributed by atoms with Crippen molar-refractivity contribution < 1.29 is 13.7 Å². The second-order valence-electron chi connectivity index (χ2n) is 5.00. The van der Waals surface area contributed by atoms with Gasteiger partial charge in [-0.3, -0.25) is 0 Å². The summed E-state index contributed by atoms with van der Waals surface area (Å²) in [4.78, 5) is 4.35. The van der Waals surface area contributed by atoms with Crippen LogP contribution >= 0.6 is 0 Å². The van der Waals surface area contributed by atoms with Crippen LogP contribution in [-0.2, 0) is 10.2 Å². The summed E-state index contributed by atoms with van der Waals surface area (Å²) < 4.78 is 24.4. The first-order chi connectivity index (χ1) is 9.75. The Bertz CT molecular complexity index is 594. The lowest BCUT2D eigenvalue weighted by Crippen LogP contribution is -2.40. The summed E-state index contributed by atoms with van der Waals surface area (Å²) >= 11 is 0. The quantitative estimate of drug-likeness (QED) is 0.927. The van der Waals surface area contributed by atoms with E-state index in [1.165, 1.54) is 6.07 Å². The number of halogens is 1. The summed E-state index contributed by atoms with van der Waals surface area (Å²) in [6, 6.07) is 6.36. The zero-order chi connectivity index (χ0) is 14.0. The Hall–Kier alpha value is -1.79. The molecule has 0 unspecified atom stereocenters. The van der Waals surface area contributed by atoms with Crippen molar-refractivity contribution in [3.63, 3.8) is 0 Å². The molecular weight excluding hydrogens is 261 g/mol. The summed E-state index contributed by atoms with van der Waals surface area (Å²) in [5.41, 5.74) is 5.87. The highest BCUT2D eigenvalue weighted by Gasteiger charge is 2.38. The van der Waals surface area contributed by atoms with E-state index >= 15 is 0 Å². The standard InChI is InChI=1S/C14H16FN3O2/c15-11-4-2-1-3-10(11)12-17-13(20-18-12)14(9-16)5-7-19-8-6-14/h1-4H,5-9,16H2. The Morgan fingerprint density at radius 2 is 2.00 bits per heavy atom. The van der Waals surface area contributed by atoms with E-state index in [1.807, 2.05) is 0 Å². The lowest BCUT2D eigenvalue weighted by atomic mass is 9.80. The third kappa shape index (κ3) is 2.21. The molecule has 0 atom stereocenters. The molecule has 0 spiro atoms.